The molecular formula is C5H11NO3. The van der Waals surface area contributed by atoms with Gasteiger partial charge in [0.05, 0.1) is 0 Å². The normalized spacial score (nSPS) is 6.89. The van der Waals surface area contributed by atoms with E-state index in [9.17, 15) is 0 Å². The van der Waals surface area contributed by atoms with Crippen molar-refractivity contribution < 1.29 is 15.0 Å². The van der Waals surface area contributed by atoms with Gasteiger partial charge in [-0.15, -0.1) is 6.58 Å². The van der Waals surface area contributed by atoms with Gasteiger partial charge in [-0.25, -0.2) is 4.79 Å². The van der Waals surface area contributed by atoms with Gasteiger partial charge in [0.2, 0.25) is 0 Å². The molecule has 0 aromatic carbocycles. The number of rotatable bonds is 2. The molecule has 0 aromatic rings. The number of aliphatic hydroxyl groups excluding tert-OH is 1. The Kier molecular flexibility index (Phi) is 12.4. The molecule has 4 nitrogen and oxygen atoms in total. The number of carboxylic acid groups (broad SMARTS) is 1. The van der Waals surface area contributed by atoms with Crippen LogP contribution in [0.3, 0.4) is 0 Å². The van der Waals surface area contributed by atoms with E-state index in [0.29, 0.717) is 6.54 Å². The van der Waals surface area contributed by atoms with Gasteiger partial charge >= 0.3 is 5.97 Å². The van der Waals surface area contributed by atoms with Crippen molar-refractivity contribution in [1.29, 1.82) is 0 Å². The Hall–Kier alpha value is -0.870. The average molecular weight is 133 g/mol. The van der Waals surface area contributed by atoms with Gasteiger partial charge in [0.1, 0.15) is 6.61 Å². The summed E-state index contributed by atoms with van der Waals surface area (Å²) in [6, 6.07) is 0. The lowest BCUT2D eigenvalue weighted by atomic mass is 10.7. The molecule has 0 aliphatic carbocycles. The highest BCUT2D eigenvalue weighted by molar-refractivity contribution is 5.67. The minimum atomic E-state index is -1.19. The summed E-state index contributed by atoms with van der Waals surface area (Å²) in [6.45, 7) is 3.16. The van der Waals surface area contributed by atoms with Crippen LogP contribution in [0.5, 0.6) is 0 Å². The molecule has 0 saturated carbocycles. The van der Waals surface area contributed by atoms with E-state index in [1.807, 2.05) is 0 Å². The Labute approximate surface area is 53.6 Å². The highest BCUT2D eigenvalue weighted by Gasteiger charge is 1.82. The van der Waals surface area contributed by atoms with Crippen LogP contribution in [0.4, 0.5) is 0 Å². The van der Waals surface area contributed by atoms with E-state index in [1.165, 1.54) is 0 Å². The third-order valence-electron chi connectivity index (χ3n) is 0.302. The predicted molar refractivity (Wildman–Crippen MR) is 34.0 cm³/mol. The van der Waals surface area contributed by atoms with Crippen molar-refractivity contribution in [3.05, 3.63) is 12.7 Å². The van der Waals surface area contributed by atoms with Crippen molar-refractivity contribution in [2.45, 2.75) is 0 Å². The van der Waals surface area contributed by atoms with Crippen LogP contribution in [0.15, 0.2) is 12.7 Å². The zero-order valence-corrected chi connectivity index (χ0v) is 5.08. The molecule has 54 valence electrons. The summed E-state index contributed by atoms with van der Waals surface area (Å²) in [5.74, 6) is -1.19. The molecule has 0 bridgehead atoms. The first-order valence-electron chi connectivity index (χ1n) is 2.32. The van der Waals surface area contributed by atoms with Gasteiger partial charge in [-0.2, -0.15) is 0 Å². The molecule has 4 N–H and O–H groups in total. The van der Waals surface area contributed by atoms with Crippen molar-refractivity contribution in [2.75, 3.05) is 13.2 Å². The second kappa shape index (κ2) is 10.2. The van der Waals surface area contributed by atoms with Gasteiger partial charge in [0.15, 0.2) is 0 Å². The maximum absolute atomic E-state index is 9.12. The number of aliphatic carboxylic acids is 1. The van der Waals surface area contributed by atoms with Crippen LogP contribution >= 0.6 is 0 Å². The van der Waals surface area contributed by atoms with Crippen molar-refractivity contribution in [3.8, 4) is 0 Å². The highest BCUT2D eigenvalue weighted by atomic mass is 16.4. The van der Waals surface area contributed by atoms with Gasteiger partial charge in [-0.3, -0.25) is 0 Å². The number of aliphatic hydroxyl groups is 1. The van der Waals surface area contributed by atoms with Crippen LogP contribution < -0.4 is 5.73 Å². The number of carbonyl (C=O) groups is 1. The Morgan fingerprint density at radius 1 is 1.78 bits per heavy atom. The second-order valence-electron chi connectivity index (χ2n) is 1.08. The number of carboxylic acids is 1. The zero-order valence-electron chi connectivity index (χ0n) is 5.08. The molecule has 0 fully saturated rings. The monoisotopic (exact) mass is 133 g/mol. The van der Waals surface area contributed by atoms with E-state index in [-0.39, 0.29) is 0 Å². The fourth-order valence-electron chi connectivity index (χ4n) is 0. The molecule has 0 heterocycles. The molecule has 9 heavy (non-hydrogen) atoms. The SMILES string of the molecule is C=CCN.O=C(O)CO. The van der Waals surface area contributed by atoms with Gasteiger partial charge in [-0.05, 0) is 0 Å². The first-order valence-corrected chi connectivity index (χ1v) is 2.32. The molecule has 0 rings (SSSR count). The quantitative estimate of drug-likeness (QED) is 0.430. The van der Waals surface area contributed by atoms with Crippen LogP contribution in [0, 0.1) is 0 Å². The van der Waals surface area contributed by atoms with E-state index in [4.69, 9.17) is 20.7 Å². The Balaban J connectivity index is 0. The third kappa shape index (κ3) is 41.4. The molecule has 0 aliphatic heterocycles. The summed E-state index contributed by atoms with van der Waals surface area (Å²) in [6.07, 6.45) is 1.65. The van der Waals surface area contributed by atoms with Gasteiger partial charge in [-0.1, -0.05) is 6.08 Å². The lowest BCUT2D eigenvalue weighted by molar-refractivity contribution is -0.140. The third-order valence-corrected chi connectivity index (χ3v) is 0.302. The lowest BCUT2D eigenvalue weighted by Crippen LogP contribution is -1.98. The second-order valence-corrected chi connectivity index (χ2v) is 1.08. The number of nitrogens with two attached hydrogens (primary N) is 1. The van der Waals surface area contributed by atoms with Crippen molar-refractivity contribution >= 4 is 5.97 Å². The first-order chi connectivity index (χ1) is 4.18. The van der Waals surface area contributed by atoms with Crippen molar-refractivity contribution in [2.24, 2.45) is 5.73 Å². The minimum absolute atomic E-state index is 0.583. The van der Waals surface area contributed by atoms with E-state index in [0.717, 1.165) is 0 Å². The fraction of sp³-hybridized carbons (Fsp3) is 0.400. The molecular weight excluding hydrogens is 122 g/mol. The maximum atomic E-state index is 9.12. The van der Waals surface area contributed by atoms with Gasteiger partial charge in [0.25, 0.3) is 0 Å². The van der Waals surface area contributed by atoms with Crippen LogP contribution in [-0.4, -0.2) is 29.3 Å². The Morgan fingerprint density at radius 2 is 2.00 bits per heavy atom. The lowest BCUT2D eigenvalue weighted by Gasteiger charge is -1.72. The minimum Gasteiger partial charge on any atom is -0.480 e. The molecule has 0 saturated heterocycles. The van der Waals surface area contributed by atoms with Gasteiger partial charge < -0.3 is 15.9 Å². The van der Waals surface area contributed by atoms with Crippen LogP contribution in [0.2, 0.25) is 0 Å². The van der Waals surface area contributed by atoms with E-state index in [1.54, 1.807) is 6.08 Å². The molecule has 0 radical (unpaired) electrons. The summed E-state index contributed by atoms with van der Waals surface area (Å²) in [4.78, 5) is 9.12. The predicted octanol–water partition coefficient (Wildman–Crippen LogP) is -0.806. The summed E-state index contributed by atoms with van der Waals surface area (Å²) in [5, 5.41) is 15.0. The highest BCUT2D eigenvalue weighted by Crippen LogP contribution is 1.48. The standard InChI is InChI=1S/C3H7N.C2H4O3/c1-2-3-4;3-1-2(4)5/h2H,1,3-4H2;3H,1H2,(H,4,5). The number of hydrogen-bond donors (Lipinski definition) is 3. The molecule has 0 atom stereocenters. The van der Waals surface area contributed by atoms with Crippen LogP contribution in [0.25, 0.3) is 0 Å². The Bertz CT molecular complexity index is 82.3. The molecule has 0 unspecified atom stereocenters. The van der Waals surface area contributed by atoms with Crippen molar-refractivity contribution in [3.63, 3.8) is 0 Å². The molecule has 4 heteroatoms. The average Bonchev–Trinajstić information content (AvgIpc) is 1.89. The fourth-order valence-corrected chi connectivity index (χ4v) is 0. The Morgan fingerprint density at radius 3 is 2.00 bits per heavy atom. The molecule has 0 spiro atoms. The summed E-state index contributed by atoms with van der Waals surface area (Å²) < 4.78 is 0. The largest absolute Gasteiger partial charge is 0.480 e. The first kappa shape index (κ1) is 11.0. The van der Waals surface area contributed by atoms with E-state index >= 15 is 0 Å². The number of hydrogen-bond acceptors (Lipinski definition) is 3. The summed E-state index contributed by atoms with van der Waals surface area (Å²) >= 11 is 0. The van der Waals surface area contributed by atoms with Gasteiger partial charge in [0, 0.05) is 6.54 Å². The van der Waals surface area contributed by atoms with E-state index in [2.05, 4.69) is 6.58 Å². The van der Waals surface area contributed by atoms with E-state index < -0.39 is 12.6 Å². The summed E-state index contributed by atoms with van der Waals surface area (Å²) in [5.41, 5.74) is 4.91. The zero-order chi connectivity index (χ0) is 7.70. The molecule has 0 aliphatic rings. The molecule has 0 amide bonds. The topological polar surface area (TPSA) is 83.6 Å². The maximum Gasteiger partial charge on any atom is 0.329 e. The van der Waals surface area contributed by atoms with Crippen molar-refractivity contribution in [1.82, 2.24) is 0 Å². The van der Waals surface area contributed by atoms with Crippen LogP contribution in [-0.2, 0) is 4.79 Å². The molecule has 0 aromatic heterocycles. The smallest absolute Gasteiger partial charge is 0.329 e. The summed E-state index contributed by atoms with van der Waals surface area (Å²) in [7, 11) is 0. The van der Waals surface area contributed by atoms with Crippen LogP contribution in [0.1, 0.15) is 0 Å².